The molecule has 1 aromatic rings. The number of fused-ring (bicyclic) bond motifs is 1. The summed E-state index contributed by atoms with van der Waals surface area (Å²) in [5, 5.41) is 10.3. The molecule has 2 aliphatic rings. The van der Waals surface area contributed by atoms with E-state index in [2.05, 4.69) is 20.4 Å². The highest BCUT2D eigenvalue weighted by molar-refractivity contribution is 5.78. The van der Waals surface area contributed by atoms with Crippen molar-refractivity contribution >= 4 is 5.91 Å². The summed E-state index contributed by atoms with van der Waals surface area (Å²) in [5.74, 6) is 0.180. The maximum absolute atomic E-state index is 12.2. The summed E-state index contributed by atoms with van der Waals surface area (Å²) >= 11 is 0. The number of carbonyl (C=O) groups is 1. The minimum absolute atomic E-state index is 0.180. The van der Waals surface area contributed by atoms with Gasteiger partial charge >= 0.3 is 0 Å². The quantitative estimate of drug-likeness (QED) is 0.873. The van der Waals surface area contributed by atoms with Crippen LogP contribution in [0.3, 0.4) is 0 Å². The van der Waals surface area contributed by atoms with Gasteiger partial charge in [0.15, 0.2) is 0 Å². The number of hydrogen-bond donors (Lipinski definition) is 2. The maximum atomic E-state index is 12.2. The lowest BCUT2D eigenvalue weighted by Gasteiger charge is -2.25. The fourth-order valence-electron chi connectivity index (χ4n) is 3.30. The topological polar surface area (TPSA) is 61.0 Å². The Bertz CT molecular complexity index is 448. The summed E-state index contributed by atoms with van der Waals surface area (Å²) < 4.78 is 0. The number of aromatic nitrogens is 2. The maximum Gasteiger partial charge on any atom is 0.234 e. The van der Waals surface area contributed by atoms with Gasteiger partial charge in [0.25, 0.3) is 0 Å². The van der Waals surface area contributed by atoms with Crippen LogP contribution >= 0.6 is 0 Å². The summed E-state index contributed by atoms with van der Waals surface area (Å²) in [6.07, 6.45) is 9.92. The first kappa shape index (κ1) is 13.6. The molecular weight excluding hydrogens is 252 g/mol. The molecule has 0 saturated carbocycles. The van der Waals surface area contributed by atoms with E-state index in [1.165, 1.54) is 36.9 Å². The molecule has 0 spiro atoms. The van der Waals surface area contributed by atoms with E-state index in [0.29, 0.717) is 6.54 Å². The van der Waals surface area contributed by atoms with E-state index in [-0.39, 0.29) is 11.9 Å². The van der Waals surface area contributed by atoms with Gasteiger partial charge in [0.05, 0.1) is 12.7 Å². The number of nitrogens with zero attached hydrogens (tertiary/aromatic N) is 2. The average molecular weight is 276 g/mol. The molecule has 2 heterocycles. The second-order valence-corrected chi connectivity index (χ2v) is 6.07. The zero-order valence-electron chi connectivity index (χ0n) is 12.0. The van der Waals surface area contributed by atoms with Gasteiger partial charge in [-0.25, -0.2) is 0 Å². The Morgan fingerprint density at radius 1 is 1.35 bits per heavy atom. The molecule has 5 nitrogen and oxygen atoms in total. The number of nitrogens with one attached hydrogen (secondary N) is 2. The first-order valence-corrected chi connectivity index (χ1v) is 7.84. The van der Waals surface area contributed by atoms with E-state index < -0.39 is 0 Å². The van der Waals surface area contributed by atoms with Gasteiger partial charge in [0.2, 0.25) is 5.91 Å². The van der Waals surface area contributed by atoms with E-state index >= 15 is 0 Å². The predicted octanol–water partition coefficient (Wildman–Crippen LogP) is 1.26. The highest BCUT2D eigenvalue weighted by Crippen LogP contribution is 2.18. The highest BCUT2D eigenvalue weighted by Gasteiger charge is 2.22. The largest absolute Gasteiger partial charge is 0.352 e. The Kier molecular flexibility index (Phi) is 4.35. The number of amides is 1. The molecular formula is C15H24N4O. The van der Waals surface area contributed by atoms with E-state index in [1.807, 2.05) is 6.20 Å². The van der Waals surface area contributed by atoms with Crippen LogP contribution in [0.15, 0.2) is 6.20 Å². The SMILES string of the molecule is O=C(CN1CCCCCC1)N[C@H]1CCc2cn[nH]c2C1. The van der Waals surface area contributed by atoms with Crippen molar-refractivity contribution in [3.8, 4) is 0 Å². The van der Waals surface area contributed by atoms with Gasteiger partial charge in [-0.15, -0.1) is 0 Å². The molecule has 5 heteroatoms. The summed E-state index contributed by atoms with van der Waals surface area (Å²) in [4.78, 5) is 14.5. The van der Waals surface area contributed by atoms with E-state index in [4.69, 9.17) is 0 Å². The Morgan fingerprint density at radius 3 is 2.95 bits per heavy atom. The number of rotatable bonds is 3. The zero-order chi connectivity index (χ0) is 13.8. The zero-order valence-corrected chi connectivity index (χ0v) is 12.0. The van der Waals surface area contributed by atoms with Gasteiger partial charge in [-0.1, -0.05) is 12.8 Å². The van der Waals surface area contributed by atoms with Gasteiger partial charge in [0.1, 0.15) is 0 Å². The average Bonchev–Trinajstić information content (AvgIpc) is 2.75. The van der Waals surface area contributed by atoms with Gasteiger partial charge in [-0.3, -0.25) is 14.8 Å². The highest BCUT2D eigenvalue weighted by atomic mass is 16.2. The van der Waals surface area contributed by atoms with Crippen LogP contribution in [0.1, 0.15) is 43.4 Å². The Labute approximate surface area is 120 Å². The fourth-order valence-corrected chi connectivity index (χ4v) is 3.30. The number of H-pyrrole nitrogens is 1. The van der Waals surface area contributed by atoms with Crippen LogP contribution in [0.5, 0.6) is 0 Å². The van der Waals surface area contributed by atoms with Gasteiger partial charge in [-0.2, -0.15) is 5.10 Å². The van der Waals surface area contributed by atoms with E-state index in [0.717, 1.165) is 32.4 Å². The number of aromatic amines is 1. The van der Waals surface area contributed by atoms with Crippen molar-refractivity contribution in [2.75, 3.05) is 19.6 Å². The Hall–Kier alpha value is -1.36. The van der Waals surface area contributed by atoms with Gasteiger partial charge in [0, 0.05) is 18.2 Å². The molecule has 1 saturated heterocycles. The summed E-state index contributed by atoms with van der Waals surface area (Å²) in [7, 11) is 0. The van der Waals surface area contributed by atoms with Crippen molar-refractivity contribution in [3.05, 3.63) is 17.5 Å². The van der Waals surface area contributed by atoms with Gasteiger partial charge < -0.3 is 5.32 Å². The minimum Gasteiger partial charge on any atom is -0.352 e. The van der Waals surface area contributed by atoms with Crippen molar-refractivity contribution in [2.24, 2.45) is 0 Å². The lowest BCUT2D eigenvalue weighted by atomic mass is 9.94. The molecule has 0 radical (unpaired) electrons. The first-order valence-electron chi connectivity index (χ1n) is 7.84. The van der Waals surface area contributed by atoms with E-state index in [9.17, 15) is 4.79 Å². The lowest BCUT2D eigenvalue weighted by Crippen LogP contribution is -2.44. The minimum atomic E-state index is 0.180. The van der Waals surface area contributed by atoms with Crippen LogP contribution in [0.2, 0.25) is 0 Å². The molecule has 0 aromatic carbocycles. The molecule has 1 aliphatic carbocycles. The molecule has 2 N–H and O–H groups in total. The second kappa shape index (κ2) is 6.39. The normalized spacial score (nSPS) is 23.9. The Morgan fingerprint density at radius 2 is 2.15 bits per heavy atom. The molecule has 1 fully saturated rings. The lowest BCUT2D eigenvalue weighted by molar-refractivity contribution is -0.123. The van der Waals surface area contributed by atoms with Crippen LogP contribution in [-0.2, 0) is 17.6 Å². The summed E-state index contributed by atoms with van der Waals surface area (Å²) in [6.45, 7) is 2.71. The third-order valence-electron chi connectivity index (χ3n) is 4.45. The number of hydrogen-bond acceptors (Lipinski definition) is 3. The number of carbonyl (C=O) groups excluding carboxylic acids is 1. The van der Waals surface area contributed by atoms with Crippen LogP contribution in [0, 0.1) is 0 Å². The van der Waals surface area contributed by atoms with Crippen LogP contribution in [0.4, 0.5) is 0 Å². The fraction of sp³-hybridized carbons (Fsp3) is 0.733. The summed E-state index contributed by atoms with van der Waals surface area (Å²) in [5.41, 5.74) is 2.50. The third-order valence-corrected chi connectivity index (χ3v) is 4.45. The molecule has 1 aromatic heterocycles. The van der Waals surface area contributed by atoms with Crippen LogP contribution < -0.4 is 5.32 Å². The van der Waals surface area contributed by atoms with Gasteiger partial charge in [-0.05, 0) is 44.3 Å². The molecule has 1 amide bonds. The molecule has 3 rings (SSSR count). The van der Waals surface area contributed by atoms with Crippen molar-refractivity contribution in [1.29, 1.82) is 0 Å². The van der Waals surface area contributed by atoms with E-state index in [1.54, 1.807) is 0 Å². The molecule has 1 aliphatic heterocycles. The second-order valence-electron chi connectivity index (χ2n) is 6.07. The number of likely N-dealkylation sites (tertiary alicyclic amines) is 1. The molecule has 0 unspecified atom stereocenters. The number of aryl methyl sites for hydroxylation is 1. The van der Waals surface area contributed by atoms with Crippen molar-refractivity contribution in [3.63, 3.8) is 0 Å². The Balaban J connectivity index is 1.47. The van der Waals surface area contributed by atoms with Crippen molar-refractivity contribution < 1.29 is 4.79 Å². The monoisotopic (exact) mass is 276 g/mol. The smallest absolute Gasteiger partial charge is 0.234 e. The molecule has 20 heavy (non-hydrogen) atoms. The molecule has 110 valence electrons. The first-order chi connectivity index (χ1) is 9.81. The third kappa shape index (κ3) is 3.39. The van der Waals surface area contributed by atoms with Crippen molar-refractivity contribution in [1.82, 2.24) is 20.4 Å². The predicted molar refractivity (Wildman–Crippen MR) is 77.5 cm³/mol. The molecule has 1 atom stereocenters. The summed E-state index contributed by atoms with van der Waals surface area (Å²) in [6, 6.07) is 0.266. The standard InChI is InChI=1S/C15H24N4O/c20-15(11-19-7-3-1-2-4-8-19)17-13-6-5-12-10-16-18-14(12)9-13/h10,13H,1-9,11H2,(H,16,18)(H,17,20)/t13-/m0/s1. The molecule has 0 bridgehead atoms. The van der Waals surface area contributed by atoms with Crippen molar-refractivity contribution in [2.45, 2.75) is 51.0 Å². The van der Waals surface area contributed by atoms with Crippen LogP contribution in [-0.4, -0.2) is 46.7 Å². The van der Waals surface area contributed by atoms with Crippen LogP contribution in [0.25, 0.3) is 0 Å².